The molecule has 0 spiro atoms. The minimum atomic E-state index is -4.06. The number of sulfonamides is 1. The van der Waals surface area contributed by atoms with Crippen molar-refractivity contribution < 1.29 is 18.3 Å². The van der Waals surface area contributed by atoms with Crippen LogP contribution in [0.1, 0.15) is 18.4 Å². The van der Waals surface area contributed by atoms with Crippen molar-refractivity contribution in [2.75, 3.05) is 0 Å². The van der Waals surface area contributed by atoms with Crippen LogP contribution in [0.5, 0.6) is 0 Å². The van der Waals surface area contributed by atoms with Gasteiger partial charge in [0.05, 0.1) is 27.8 Å². The van der Waals surface area contributed by atoms with Gasteiger partial charge in [-0.1, -0.05) is 49.4 Å². The molecule has 0 saturated heterocycles. The van der Waals surface area contributed by atoms with E-state index >= 15 is 0 Å². The lowest BCUT2D eigenvalue weighted by molar-refractivity contribution is -0.140. The predicted molar refractivity (Wildman–Crippen MR) is 122 cm³/mol. The largest absolute Gasteiger partial charge is 0.480 e. The Hall–Kier alpha value is -3.14. The van der Waals surface area contributed by atoms with E-state index in [2.05, 4.69) is 14.7 Å². The molecule has 2 aromatic carbocycles. The summed E-state index contributed by atoms with van der Waals surface area (Å²) in [4.78, 5) is 21.8. The van der Waals surface area contributed by atoms with Gasteiger partial charge in [-0.15, -0.1) is 11.3 Å². The molecule has 0 unspecified atom stereocenters. The zero-order chi connectivity index (χ0) is 22.5. The number of fused-ring (bicyclic) bond motifs is 1. The molecule has 1 saturated carbocycles. The molecule has 0 radical (unpaired) electrons. The summed E-state index contributed by atoms with van der Waals surface area (Å²) >= 11 is 1.03. The number of para-hydroxylation sites is 2. The van der Waals surface area contributed by atoms with Crippen LogP contribution in [0, 0.1) is 5.92 Å². The van der Waals surface area contributed by atoms with Crippen molar-refractivity contribution in [3.8, 4) is 10.6 Å². The molecule has 3 atom stereocenters. The van der Waals surface area contributed by atoms with E-state index in [1.54, 1.807) is 19.2 Å². The zero-order valence-electron chi connectivity index (χ0n) is 17.0. The second kappa shape index (κ2) is 7.47. The highest BCUT2D eigenvalue weighted by Crippen LogP contribution is 2.58. The number of carbonyl (C=O) groups is 1. The second-order valence-electron chi connectivity index (χ2n) is 7.82. The second-order valence-corrected chi connectivity index (χ2v) is 10.8. The third-order valence-corrected chi connectivity index (χ3v) is 9.05. The Labute approximate surface area is 188 Å². The standard InChI is InChI=1S/C23H19N3O4S2/c1-14-21(15-7-3-2-4-8-15)23(14,22(27)28)26-32(29,30)20-12-11-19(31-20)18-13-24-16-9-5-6-10-17(16)25-18/h2-14,21,26H,1H3,(H,27,28)/t14-,21-,23+/m1/s1. The maximum absolute atomic E-state index is 13.2. The van der Waals surface area contributed by atoms with E-state index in [0.717, 1.165) is 22.4 Å². The normalized spacial score (nSPS) is 22.7. The molecule has 0 bridgehead atoms. The molecular weight excluding hydrogens is 446 g/mol. The van der Waals surface area contributed by atoms with E-state index in [-0.39, 0.29) is 10.1 Å². The smallest absolute Gasteiger partial charge is 0.325 e. The first-order chi connectivity index (χ1) is 15.3. The lowest BCUT2D eigenvalue weighted by Crippen LogP contribution is -2.45. The number of carboxylic acid groups (broad SMARTS) is 1. The molecule has 4 aromatic rings. The van der Waals surface area contributed by atoms with Crippen LogP contribution in [0.4, 0.5) is 0 Å². The van der Waals surface area contributed by atoms with E-state index in [1.807, 2.05) is 54.6 Å². The third kappa shape index (κ3) is 3.29. The van der Waals surface area contributed by atoms with Gasteiger partial charge in [-0.25, -0.2) is 13.4 Å². The summed E-state index contributed by atoms with van der Waals surface area (Å²) in [5.74, 6) is -2.01. The average Bonchev–Trinajstić information content (AvgIpc) is 3.14. The first-order valence-corrected chi connectivity index (χ1v) is 12.3. The molecule has 2 heterocycles. The summed E-state index contributed by atoms with van der Waals surface area (Å²) in [5.41, 5.74) is 1.24. The highest BCUT2D eigenvalue weighted by Gasteiger charge is 2.70. The molecular formula is C23H19N3O4S2. The number of benzene rings is 2. The van der Waals surface area contributed by atoms with Gasteiger partial charge in [-0.2, -0.15) is 4.72 Å². The molecule has 5 rings (SSSR count). The molecule has 7 nitrogen and oxygen atoms in total. The molecule has 1 aliphatic carbocycles. The topological polar surface area (TPSA) is 109 Å². The van der Waals surface area contributed by atoms with E-state index in [0.29, 0.717) is 16.1 Å². The number of hydrogen-bond acceptors (Lipinski definition) is 6. The maximum Gasteiger partial charge on any atom is 0.325 e. The summed E-state index contributed by atoms with van der Waals surface area (Å²) in [6.45, 7) is 1.75. The van der Waals surface area contributed by atoms with Crippen molar-refractivity contribution in [2.45, 2.75) is 22.6 Å². The van der Waals surface area contributed by atoms with Gasteiger partial charge in [0.2, 0.25) is 0 Å². The van der Waals surface area contributed by atoms with Crippen molar-refractivity contribution in [2.24, 2.45) is 5.92 Å². The first-order valence-electron chi connectivity index (χ1n) is 9.97. The summed E-state index contributed by atoms with van der Waals surface area (Å²) < 4.78 is 28.9. The van der Waals surface area contributed by atoms with Crippen LogP contribution in [0.2, 0.25) is 0 Å². The molecule has 2 aromatic heterocycles. The number of carboxylic acids is 1. The maximum atomic E-state index is 13.2. The fourth-order valence-electron chi connectivity index (χ4n) is 4.25. The number of nitrogens with one attached hydrogen (secondary N) is 1. The van der Waals surface area contributed by atoms with Crippen LogP contribution >= 0.6 is 11.3 Å². The van der Waals surface area contributed by atoms with Crippen LogP contribution in [0.3, 0.4) is 0 Å². The summed E-state index contributed by atoms with van der Waals surface area (Å²) in [6, 6.07) is 19.7. The zero-order valence-corrected chi connectivity index (χ0v) is 18.6. The number of aromatic nitrogens is 2. The van der Waals surface area contributed by atoms with E-state index in [4.69, 9.17) is 0 Å². The Bertz CT molecular complexity index is 1440. The van der Waals surface area contributed by atoms with Crippen LogP contribution in [0.15, 0.2) is 77.1 Å². The minimum Gasteiger partial charge on any atom is -0.480 e. The lowest BCUT2D eigenvalue weighted by Gasteiger charge is -2.15. The molecule has 162 valence electrons. The Kier molecular flexibility index (Phi) is 4.85. The quantitative estimate of drug-likeness (QED) is 0.447. The third-order valence-electron chi connectivity index (χ3n) is 5.96. The summed E-state index contributed by atoms with van der Waals surface area (Å²) in [5, 5.41) is 9.96. The molecule has 0 amide bonds. The molecule has 2 N–H and O–H groups in total. The highest BCUT2D eigenvalue weighted by molar-refractivity contribution is 7.91. The Morgan fingerprint density at radius 1 is 1.03 bits per heavy atom. The molecule has 1 aliphatic rings. The van der Waals surface area contributed by atoms with E-state index in [9.17, 15) is 18.3 Å². The summed E-state index contributed by atoms with van der Waals surface area (Å²) in [6.07, 6.45) is 1.60. The van der Waals surface area contributed by atoms with Crippen molar-refractivity contribution in [1.29, 1.82) is 0 Å². The molecule has 32 heavy (non-hydrogen) atoms. The number of nitrogens with zero attached hydrogens (tertiary/aromatic N) is 2. The minimum absolute atomic E-state index is 0.0361. The van der Waals surface area contributed by atoms with Gasteiger partial charge in [0.1, 0.15) is 9.75 Å². The average molecular weight is 466 g/mol. The van der Waals surface area contributed by atoms with Gasteiger partial charge in [0, 0.05) is 5.92 Å². The van der Waals surface area contributed by atoms with Crippen LogP contribution < -0.4 is 4.72 Å². The van der Waals surface area contributed by atoms with Crippen molar-refractivity contribution >= 4 is 38.4 Å². The fraction of sp³-hybridized carbons (Fsp3) is 0.174. The number of rotatable bonds is 6. The van der Waals surface area contributed by atoms with Crippen molar-refractivity contribution in [1.82, 2.24) is 14.7 Å². The Morgan fingerprint density at radius 2 is 1.72 bits per heavy atom. The van der Waals surface area contributed by atoms with Crippen LogP contribution in [-0.4, -0.2) is 35.0 Å². The van der Waals surface area contributed by atoms with Gasteiger partial charge >= 0.3 is 5.97 Å². The monoisotopic (exact) mass is 465 g/mol. The SMILES string of the molecule is C[C@@H]1[C@H](c2ccccc2)[C@]1(NS(=O)(=O)c1ccc(-c2cnc3ccccc3n2)s1)C(=O)O. The lowest BCUT2D eigenvalue weighted by atomic mass is 10.1. The number of thiophene rings is 1. The van der Waals surface area contributed by atoms with Crippen molar-refractivity contribution in [3.63, 3.8) is 0 Å². The molecule has 0 aliphatic heterocycles. The van der Waals surface area contributed by atoms with Gasteiger partial charge in [-0.05, 0) is 35.7 Å². The van der Waals surface area contributed by atoms with E-state index in [1.165, 1.54) is 6.07 Å². The first kappa shape index (κ1) is 20.7. The Balaban J connectivity index is 1.46. The molecule has 1 fully saturated rings. The number of aliphatic carboxylic acids is 1. The number of hydrogen-bond donors (Lipinski definition) is 2. The van der Waals surface area contributed by atoms with Gasteiger partial charge in [0.25, 0.3) is 10.0 Å². The summed E-state index contributed by atoms with van der Waals surface area (Å²) in [7, 11) is -4.06. The van der Waals surface area contributed by atoms with Gasteiger partial charge < -0.3 is 5.11 Å². The van der Waals surface area contributed by atoms with E-state index < -0.39 is 27.4 Å². The van der Waals surface area contributed by atoms with Gasteiger partial charge in [-0.3, -0.25) is 9.78 Å². The highest BCUT2D eigenvalue weighted by atomic mass is 32.2. The van der Waals surface area contributed by atoms with Crippen LogP contribution in [0.25, 0.3) is 21.6 Å². The molecule has 9 heteroatoms. The van der Waals surface area contributed by atoms with Crippen LogP contribution in [-0.2, 0) is 14.8 Å². The fourth-order valence-corrected chi connectivity index (χ4v) is 6.97. The predicted octanol–water partition coefficient (Wildman–Crippen LogP) is 3.89. The van der Waals surface area contributed by atoms with Crippen molar-refractivity contribution in [3.05, 3.63) is 78.5 Å². The van der Waals surface area contributed by atoms with Gasteiger partial charge in [0.15, 0.2) is 0 Å². The Morgan fingerprint density at radius 3 is 2.44 bits per heavy atom.